The third-order valence-electron chi connectivity index (χ3n) is 2.91. The van der Waals surface area contributed by atoms with Gasteiger partial charge in [0.25, 0.3) is 0 Å². The second-order valence-corrected chi connectivity index (χ2v) is 5.30. The Bertz CT molecular complexity index is 473. The summed E-state index contributed by atoms with van der Waals surface area (Å²) in [4.78, 5) is 20.1. The number of carbonyl (C=O) groups excluding carboxylic acids is 1. The number of nitrogens with two attached hydrogens (primary N) is 1. The monoisotopic (exact) mass is 279 g/mol. The molecule has 0 radical (unpaired) electrons. The Hall–Kier alpha value is -1.85. The Morgan fingerprint density at radius 3 is 2.35 bits per heavy atom. The van der Waals surface area contributed by atoms with Gasteiger partial charge in [0.05, 0.1) is 0 Å². The molecule has 0 bridgehead atoms. The summed E-state index contributed by atoms with van der Waals surface area (Å²) in [7, 11) is 0. The summed E-state index contributed by atoms with van der Waals surface area (Å²) in [6.45, 7) is 10.8. The number of rotatable bonds is 7. The molecule has 1 atom stereocenters. The van der Waals surface area contributed by atoms with E-state index in [9.17, 15) is 4.79 Å². The Balaban J connectivity index is 3.06. The van der Waals surface area contributed by atoms with E-state index in [1.165, 1.54) is 0 Å². The Morgan fingerprint density at radius 2 is 1.85 bits per heavy atom. The summed E-state index contributed by atoms with van der Waals surface area (Å²) in [5, 5.41) is 6.49. The van der Waals surface area contributed by atoms with Crippen LogP contribution >= 0.6 is 0 Å². The maximum atomic E-state index is 11.0. The minimum absolute atomic E-state index is 0.0596. The van der Waals surface area contributed by atoms with Crippen molar-refractivity contribution in [2.45, 2.75) is 53.0 Å². The lowest BCUT2D eigenvalue weighted by Crippen LogP contribution is -2.25. The van der Waals surface area contributed by atoms with E-state index in [0.717, 1.165) is 29.6 Å². The number of nitrogens with zero attached hydrogens (tertiary/aromatic N) is 2. The minimum Gasteiger partial charge on any atom is -0.370 e. The van der Waals surface area contributed by atoms with E-state index in [1.54, 1.807) is 0 Å². The number of primary amides is 1. The van der Waals surface area contributed by atoms with Crippen LogP contribution in [0.1, 0.15) is 51.4 Å². The van der Waals surface area contributed by atoms with Crippen molar-refractivity contribution < 1.29 is 4.79 Å². The maximum Gasteiger partial charge on any atom is 0.219 e. The van der Waals surface area contributed by atoms with Gasteiger partial charge in [0.1, 0.15) is 17.5 Å². The third kappa shape index (κ3) is 4.36. The van der Waals surface area contributed by atoms with Crippen LogP contribution in [0.5, 0.6) is 0 Å². The van der Waals surface area contributed by atoms with E-state index in [0.29, 0.717) is 0 Å². The highest BCUT2D eigenvalue weighted by atomic mass is 16.1. The molecular formula is C14H25N5O. The van der Waals surface area contributed by atoms with E-state index in [1.807, 2.05) is 20.8 Å². The van der Waals surface area contributed by atoms with Gasteiger partial charge in [0.15, 0.2) is 0 Å². The van der Waals surface area contributed by atoms with Crippen molar-refractivity contribution in [2.75, 3.05) is 17.2 Å². The first-order chi connectivity index (χ1) is 9.35. The minimum atomic E-state index is -0.326. The molecule has 1 amide bonds. The van der Waals surface area contributed by atoms with Gasteiger partial charge >= 0.3 is 0 Å². The number of amides is 1. The first-order valence-corrected chi connectivity index (χ1v) is 7.02. The number of aromatic nitrogens is 2. The molecule has 0 saturated carbocycles. The van der Waals surface area contributed by atoms with Gasteiger partial charge in [-0.1, -0.05) is 13.8 Å². The van der Waals surface area contributed by atoms with Gasteiger partial charge in [-0.3, -0.25) is 4.79 Å². The molecule has 6 nitrogen and oxygen atoms in total. The first-order valence-electron chi connectivity index (χ1n) is 7.02. The summed E-state index contributed by atoms with van der Waals surface area (Å²) >= 11 is 0. The highest BCUT2D eigenvalue weighted by Crippen LogP contribution is 2.23. The molecule has 0 saturated heterocycles. The van der Waals surface area contributed by atoms with Gasteiger partial charge in [-0.2, -0.15) is 0 Å². The molecule has 0 aromatic carbocycles. The number of hydrogen-bond donors (Lipinski definition) is 3. The molecule has 1 aromatic heterocycles. The number of nitrogens with one attached hydrogen (secondary N) is 2. The van der Waals surface area contributed by atoms with Crippen molar-refractivity contribution in [1.29, 1.82) is 0 Å². The van der Waals surface area contributed by atoms with E-state index in [2.05, 4.69) is 34.4 Å². The lowest BCUT2D eigenvalue weighted by molar-refractivity contribution is -0.118. The first kappa shape index (κ1) is 16.2. The van der Waals surface area contributed by atoms with E-state index >= 15 is 0 Å². The van der Waals surface area contributed by atoms with Crippen LogP contribution in [-0.2, 0) is 4.79 Å². The average molecular weight is 279 g/mol. The lowest BCUT2D eigenvalue weighted by Gasteiger charge is -2.19. The normalized spacial score (nSPS) is 12.3. The molecular weight excluding hydrogens is 254 g/mol. The van der Waals surface area contributed by atoms with Crippen molar-refractivity contribution in [3.05, 3.63) is 11.4 Å². The van der Waals surface area contributed by atoms with Crippen molar-refractivity contribution in [3.63, 3.8) is 0 Å². The topological polar surface area (TPSA) is 92.9 Å². The highest BCUT2D eigenvalue weighted by molar-refractivity contribution is 5.75. The number of anilines is 2. The molecule has 1 rings (SSSR count). The number of carbonyl (C=O) groups is 1. The molecule has 0 aliphatic carbocycles. The Morgan fingerprint density at radius 1 is 1.25 bits per heavy atom. The Kier molecular flexibility index (Phi) is 5.73. The lowest BCUT2D eigenvalue weighted by atomic mass is 10.1. The summed E-state index contributed by atoms with van der Waals surface area (Å²) < 4.78 is 0. The second-order valence-electron chi connectivity index (χ2n) is 5.30. The molecule has 1 aromatic rings. The van der Waals surface area contributed by atoms with E-state index in [-0.39, 0.29) is 24.3 Å². The van der Waals surface area contributed by atoms with Crippen LogP contribution in [0, 0.1) is 6.92 Å². The predicted octanol–water partition coefficient (Wildman–Crippen LogP) is 2.02. The molecule has 20 heavy (non-hydrogen) atoms. The third-order valence-corrected chi connectivity index (χ3v) is 2.91. The van der Waals surface area contributed by atoms with Crippen LogP contribution in [-0.4, -0.2) is 28.5 Å². The number of hydrogen-bond acceptors (Lipinski definition) is 5. The van der Waals surface area contributed by atoms with Crippen LogP contribution in [0.4, 0.5) is 11.6 Å². The van der Waals surface area contributed by atoms with E-state index in [4.69, 9.17) is 5.73 Å². The Labute approximate surface area is 120 Å². The predicted molar refractivity (Wildman–Crippen MR) is 81.9 cm³/mol. The van der Waals surface area contributed by atoms with Crippen LogP contribution in [0.2, 0.25) is 0 Å². The van der Waals surface area contributed by atoms with Gasteiger partial charge in [-0.25, -0.2) is 9.97 Å². The van der Waals surface area contributed by atoms with Crippen LogP contribution in [0.3, 0.4) is 0 Å². The zero-order valence-electron chi connectivity index (χ0n) is 12.9. The molecule has 1 unspecified atom stereocenters. The largest absolute Gasteiger partial charge is 0.370 e. The van der Waals surface area contributed by atoms with Gasteiger partial charge in [0, 0.05) is 30.5 Å². The SMILES string of the molecule is CCNc1nc(C(C)C)nc(NC(C)CC(N)=O)c1C. The van der Waals surface area contributed by atoms with Crippen molar-refractivity contribution >= 4 is 17.5 Å². The molecule has 0 fully saturated rings. The molecule has 6 heteroatoms. The van der Waals surface area contributed by atoms with Crippen molar-refractivity contribution in [1.82, 2.24) is 9.97 Å². The smallest absolute Gasteiger partial charge is 0.219 e. The van der Waals surface area contributed by atoms with Gasteiger partial charge in [-0.05, 0) is 20.8 Å². The quantitative estimate of drug-likeness (QED) is 0.710. The standard InChI is InChI=1S/C14H25N5O/c1-6-16-13-10(5)14(17-9(4)7-11(15)20)19-12(18-13)8(2)3/h8-9H,6-7H2,1-5H3,(H2,15,20)(H2,16,17,18,19). The molecule has 1 heterocycles. The van der Waals surface area contributed by atoms with Gasteiger partial charge < -0.3 is 16.4 Å². The summed E-state index contributed by atoms with van der Waals surface area (Å²) in [6.07, 6.45) is 0.275. The average Bonchev–Trinajstić information content (AvgIpc) is 2.32. The molecule has 0 aliphatic heterocycles. The van der Waals surface area contributed by atoms with Crippen molar-refractivity contribution in [2.24, 2.45) is 5.73 Å². The highest BCUT2D eigenvalue weighted by Gasteiger charge is 2.15. The van der Waals surface area contributed by atoms with Gasteiger partial charge in [-0.15, -0.1) is 0 Å². The summed E-state index contributed by atoms with van der Waals surface area (Å²) in [5.74, 6) is 2.28. The molecule has 112 valence electrons. The van der Waals surface area contributed by atoms with E-state index < -0.39 is 0 Å². The van der Waals surface area contributed by atoms with Crippen LogP contribution < -0.4 is 16.4 Å². The molecule has 0 spiro atoms. The summed E-state index contributed by atoms with van der Waals surface area (Å²) in [6, 6.07) is -0.0596. The zero-order valence-corrected chi connectivity index (χ0v) is 12.9. The fourth-order valence-electron chi connectivity index (χ4n) is 1.86. The summed E-state index contributed by atoms with van der Waals surface area (Å²) in [5.41, 5.74) is 6.17. The van der Waals surface area contributed by atoms with Crippen molar-refractivity contribution in [3.8, 4) is 0 Å². The second kappa shape index (κ2) is 7.07. The fourth-order valence-corrected chi connectivity index (χ4v) is 1.86. The fraction of sp³-hybridized carbons (Fsp3) is 0.643. The van der Waals surface area contributed by atoms with Crippen LogP contribution in [0.25, 0.3) is 0 Å². The van der Waals surface area contributed by atoms with Crippen LogP contribution in [0.15, 0.2) is 0 Å². The zero-order chi connectivity index (χ0) is 15.3. The molecule has 0 aliphatic rings. The van der Waals surface area contributed by atoms with Gasteiger partial charge in [0.2, 0.25) is 5.91 Å². The molecule has 4 N–H and O–H groups in total. The maximum absolute atomic E-state index is 11.0.